The summed E-state index contributed by atoms with van der Waals surface area (Å²) < 4.78 is 23.7. The smallest absolute Gasteiger partial charge is 0.165 e. The zero-order valence-electron chi connectivity index (χ0n) is 9.49. The molecule has 2 N–H and O–H groups in total. The molecule has 4 heteroatoms. The van der Waals surface area contributed by atoms with Crippen LogP contribution in [0.15, 0.2) is 24.3 Å². The minimum Gasteiger partial charge on any atom is -0.490 e. The lowest BCUT2D eigenvalue weighted by atomic mass is 10.3. The zero-order valence-corrected chi connectivity index (χ0v) is 9.49. The third-order valence-corrected chi connectivity index (χ3v) is 2.12. The molecule has 90 valence electrons. The van der Waals surface area contributed by atoms with E-state index < -0.39 is 0 Å². The van der Waals surface area contributed by atoms with Crippen molar-refractivity contribution in [2.75, 3.05) is 19.8 Å². The van der Waals surface area contributed by atoms with Crippen LogP contribution >= 0.6 is 0 Å². The highest BCUT2D eigenvalue weighted by atomic mass is 19.1. The topological polar surface area (TPSA) is 44.5 Å². The van der Waals surface area contributed by atoms with Crippen molar-refractivity contribution in [3.8, 4) is 5.75 Å². The van der Waals surface area contributed by atoms with Gasteiger partial charge < -0.3 is 15.2 Å². The quantitative estimate of drug-likeness (QED) is 0.724. The van der Waals surface area contributed by atoms with Crippen molar-refractivity contribution < 1.29 is 13.9 Å². The van der Waals surface area contributed by atoms with Gasteiger partial charge in [-0.25, -0.2) is 4.39 Å². The molecule has 0 aliphatic rings. The second-order valence-electron chi connectivity index (χ2n) is 3.55. The predicted octanol–water partition coefficient (Wildman–Crippen LogP) is 1.96. The normalized spacial score (nSPS) is 12.4. The summed E-state index contributed by atoms with van der Waals surface area (Å²) in [6, 6.07) is 6.36. The Morgan fingerprint density at radius 3 is 2.75 bits per heavy atom. The van der Waals surface area contributed by atoms with Crippen LogP contribution in [0, 0.1) is 5.82 Å². The van der Waals surface area contributed by atoms with E-state index in [1.807, 2.05) is 6.92 Å². The molecule has 1 aromatic carbocycles. The molecule has 0 heterocycles. The first kappa shape index (κ1) is 12.9. The summed E-state index contributed by atoms with van der Waals surface area (Å²) in [6.45, 7) is 3.44. The standard InChI is InChI=1S/C12H18FNO2/c1-10(9-14)15-7-4-8-16-12-6-3-2-5-11(12)13/h2-3,5-6,10H,4,7-9,14H2,1H3. The summed E-state index contributed by atoms with van der Waals surface area (Å²) >= 11 is 0. The van der Waals surface area contributed by atoms with Crippen LogP contribution in [0.3, 0.4) is 0 Å². The highest BCUT2D eigenvalue weighted by molar-refractivity contribution is 5.23. The molecule has 0 spiro atoms. The average molecular weight is 227 g/mol. The minimum atomic E-state index is -0.334. The zero-order chi connectivity index (χ0) is 11.8. The fraction of sp³-hybridized carbons (Fsp3) is 0.500. The summed E-state index contributed by atoms with van der Waals surface area (Å²) in [4.78, 5) is 0. The SMILES string of the molecule is CC(CN)OCCCOc1ccccc1F. The van der Waals surface area contributed by atoms with E-state index in [0.717, 1.165) is 6.42 Å². The van der Waals surface area contributed by atoms with Gasteiger partial charge in [0.05, 0.1) is 19.3 Å². The van der Waals surface area contributed by atoms with E-state index in [0.29, 0.717) is 19.8 Å². The van der Waals surface area contributed by atoms with Crippen molar-refractivity contribution in [3.05, 3.63) is 30.1 Å². The van der Waals surface area contributed by atoms with E-state index >= 15 is 0 Å². The molecule has 16 heavy (non-hydrogen) atoms. The van der Waals surface area contributed by atoms with Crippen LogP contribution in [0.2, 0.25) is 0 Å². The first-order valence-electron chi connectivity index (χ1n) is 5.43. The maximum atomic E-state index is 13.1. The molecule has 0 amide bonds. The molecule has 0 bridgehead atoms. The maximum Gasteiger partial charge on any atom is 0.165 e. The van der Waals surface area contributed by atoms with Crippen LogP contribution in [0.5, 0.6) is 5.75 Å². The molecule has 0 fully saturated rings. The summed E-state index contributed by atoms with van der Waals surface area (Å²) in [5.41, 5.74) is 5.39. The van der Waals surface area contributed by atoms with Crippen molar-refractivity contribution >= 4 is 0 Å². The van der Waals surface area contributed by atoms with E-state index in [1.54, 1.807) is 18.2 Å². The Labute approximate surface area is 95.4 Å². The number of nitrogens with two attached hydrogens (primary N) is 1. The Morgan fingerprint density at radius 1 is 1.31 bits per heavy atom. The van der Waals surface area contributed by atoms with Crippen LogP contribution in [0.4, 0.5) is 4.39 Å². The molecule has 1 rings (SSSR count). The second-order valence-corrected chi connectivity index (χ2v) is 3.55. The number of benzene rings is 1. The van der Waals surface area contributed by atoms with Crippen molar-refractivity contribution in [2.45, 2.75) is 19.4 Å². The summed E-state index contributed by atoms with van der Waals surface area (Å²) in [6.07, 6.45) is 0.784. The molecule has 0 radical (unpaired) electrons. The summed E-state index contributed by atoms with van der Waals surface area (Å²) in [5, 5.41) is 0. The Bertz CT molecular complexity index is 307. The van der Waals surface area contributed by atoms with E-state index in [9.17, 15) is 4.39 Å². The van der Waals surface area contributed by atoms with Gasteiger partial charge in [-0.15, -0.1) is 0 Å². The summed E-state index contributed by atoms with van der Waals surface area (Å²) in [7, 11) is 0. The highest BCUT2D eigenvalue weighted by Crippen LogP contribution is 2.15. The lowest BCUT2D eigenvalue weighted by Crippen LogP contribution is -2.21. The number of para-hydroxylation sites is 1. The number of hydrogen-bond donors (Lipinski definition) is 1. The fourth-order valence-corrected chi connectivity index (χ4v) is 1.16. The van der Waals surface area contributed by atoms with Crippen molar-refractivity contribution in [2.24, 2.45) is 5.73 Å². The average Bonchev–Trinajstić information content (AvgIpc) is 2.30. The molecule has 0 aromatic heterocycles. The number of halogens is 1. The first-order chi connectivity index (χ1) is 7.74. The second kappa shape index (κ2) is 7.19. The van der Waals surface area contributed by atoms with Gasteiger partial charge in [0, 0.05) is 13.0 Å². The Balaban J connectivity index is 2.14. The molecule has 3 nitrogen and oxygen atoms in total. The van der Waals surface area contributed by atoms with E-state index in [2.05, 4.69) is 0 Å². The largest absolute Gasteiger partial charge is 0.490 e. The third kappa shape index (κ3) is 4.59. The van der Waals surface area contributed by atoms with Gasteiger partial charge in [0.2, 0.25) is 0 Å². The van der Waals surface area contributed by atoms with Gasteiger partial charge in [-0.3, -0.25) is 0 Å². The van der Waals surface area contributed by atoms with Crippen LogP contribution in [-0.2, 0) is 4.74 Å². The monoisotopic (exact) mass is 227 g/mol. The van der Waals surface area contributed by atoms with Gasteiger partial charge in [-0.2, -0.15) is 0 Å². The molecule has 0 aliphatic carbocycles. The van der Waals surface area contributed by atoms with E-state index in [1.165, 1.54) is 6.07 Å². The summed E-state index contributed by atoms with van der Waals surface area (Å²) in [5.74, 6) is -0.0480. The number of hydrogen-bond acceptors (Lipinski definition) is 3. The van der Waals surface area contributed by atoms with Gasteiger partial charge in [0.15, 0.2) is 11.6 Å². The van der Waals surface area contributed by atoms with Crippen LogP contribution in [0.25, 0.3) is 0 Å². The number of rotatable bonds is 7. The van der Waals surface area contributed by atoms with Gasteiger partial charge >= 0.3 is 0 Å². The molecule has 1 atom stereocenters. The van der Waals surface area contributed by atoms with Crippen molar-refractivity contribution in [3.63, 3.8) is 0 Å². The van der Waals surface area contributed by atoms with Crippen molar-refractivity contribution in [1.29, 1.82) is 0 Å². The van der Waals surface area contributed by atoms with Gasteiger partial charge in [0.25, 0.3) is 0 Å². The predicted molar refractivity (Wildman–Crippen MR) is 61.0 cm³/mol. The Morgan fingerprint density at radius 2 is 2.06 bits per heavy atom. The molecule has 1 unspecified atom stereocenters. The van der Waals surface area contributed by atoms with Crippen LogP contribution in [-0.4, -0.2) is 25.9 Å². The van der Waals surface area contributed by atoms with Crippen LogP contribution < -0.4 is 10.5 Å². The van der Waals surface area contributed by atoms with Crippen molar-refractivity contribution in [1.82, 2.24) is 0 Å². The third-order valence-electron chi connectivity index (χ3n) is 2.12. The highest BCUT2D eigenvalue weighted by Gasteiger charge is 2.01. The van der Waals surface area contributed by atoms with Gasteiger partial charge in [-0.05, 0) is 19.1 Å². The number of ether oxygens (including phenoxy) is 2. The Hall–Kier alpha value is -1.13. The molecule has 0 aliphatic heterocycles. The molecular formula is C12H18FNO2. The lowest BCUT2D eigenvalue weighted by Gasteiger charge is -2.11. The lowest BCUT2D eigenvalue weighted by molar-refractivity contribution is 0.0628. The Kier molecular flexibility index (Phi) is 5.82. The van der Waals surface area contributed by atoms with Gasteiger partial charge in [-0.1, -0.05) is 12.1 Å². The molecular weight excluding hydrogens is 209 g/mol. The maximum absolute atomic E-state index is 13.1. The molecule has 0 saturated heterocycles. The van der Waals surface area contributed by atoms with Gasteiger partial charge in [0.1, 0.15) is 0 Å². The van der Waals surface area contributed by atoms with E-state index in [4.69, 9.17) is 15.2 Å². The molecule has 0 saturated carbocycles. The minimum absolute atomic E-state index is 0.0634. The van der Waals surface area contributed by atoms with Crippen LogP contribution in [0.1, 0.15) is 13.3 Å². The molecule has 1 aromatic rings. The van der Waals surface area contributed by atoms with E-state index in [-0.39, 0.29) is 17.7 Å². The fourth-order valence-electron chi connectivity index (χ4n) is 1.16. The first-order valence-corrected chi connectivity index (χ1v) is 5.43.